The van der Waals surface area contributed by atoms with Crippen molar-refractivity contribution >= 4 is 32.9 Å². The van der Waals surface area contributed by atoms with Crippen LogP contribution in [0.15, 0.2) is 53.9 Å². The molecule has 1 saturated heterocycles. The van der Waals surface area contributed by atoms with Crippen LogP contribution in [0.4, 0.5) is 0 Å². The van der Waals surface area contributed by atoms with Crippen LogP contribution < -0.4 is 4.74 Å². The molecule has 3 aromatic rings. The Morgan fingerprint density at radius 3 is 2.55 bits per heavy atom. The van der Waals surface area contributed by atoms with Crippen LogP contribution in [-0.4, -0.2) is 55.6 Å². The van der Waals surface area contributed by atoms with Crippen LogP contribution in [-0.2, 0) is 11.3 Å². The van der Waals surface area contributed by atoms with Gasteiger partial charge in [0, 0.05) is 65.9 Å². The number of nitrogens with zero attached hydrogens (tertiary/aromatic N) is 2. The van der Waals surface area contributed by atoms with Crippen molar-refractivity contribution in [3.63, 3.8) is 0 Å². The van der Waals surface area contributed by atoms with Crippen LogP contribution in [0, 0.1) is 0 Å². The molecule has 0 radical (unpaired) electrons. The number of ether oxygens (including phenoxy) is 1. The fraction of sp³-hybridized carbons (Fsp3) is 0.333. The third-order valence-corrected chi connectivity index (χ3v) is 6.58. The van der Waals surface area contributed by atoms with Gasteiger partial charge in [0.2, 0.25) is 0 Å². The first-order valence-corrected chi connectivity index (χ1v) is 10.9. The summed E-state index contributed by atoms with van der Waals surface area (Å²) in [5.41, 5.74) is 3.13. The molecule has 0 spiro atoms. The van der Waals surface area contributed by atoms with Gasteiger partial charge in [-0.3, -0.25) is 4.90 Å². The second kappa shape index (κ2) is 9.38. The summed E-state index contributed by atoms with van der Waals surface area (Å²) in [4.78, 5) is 16.7. The third kappa shape index (κ3) is 4.77. The molecule has 5 heteroatoms. The Morgan fingerprint density at radius 1 is 1.07 bits per heavy atom. The minimum atomic E-state index is 0.727. The quantitative estimate of drug-likeness (QED) is 0.547. The molecule has 2 heterocycles. The average molecular weight is 407 g/mol. The van der Waals surface area contributed by atoms with Crippen LogP contribution in [0.2, 0.25) is 0 Å². The molecule has 29 heavy (non-hydrogen) atoms. The standard InChI is InChI=1S/C24H26N2O2S/c1-28-21-7-8-24-22(15-21)23(18-29-24)20(17-27)9-10-25-11-13-26(14-12-25)16-19-5-3-2-4-6-19/h2-8,15,18H,9-14,16H2,1H3. The molecule has 1 aliphatic rings. The zero-order chi connectivity index (χ0) is 20.1. The van der Waals surface area contributed by atoms with E-state index in [0.717, 1.165) is 68.0 Å². The van der Waals surface area contributed by atoms with Gasteiger partial charge in [-0.2, -0.15) is 0 Å². The van der Waals surface area contributed by atoms with Crippen LogP contribution in [0.3, 0.4) is 0 Å². The maximum atomic E-state index is 11.7. The van der Waals surface area contributed by atoms with Gasteiger partial charge in [-0.1, -0.05) is 30.3 Å². The van der Waals surface area contributed by atoms with Crippen LogP contribution in [0.25, 0.3) is 15.7 Å². The first-order valence-electron chi connectivity index (χ1n) is 10.0. The smallest absolute Gasteiger partial charge is 0.128 e. The molecule has 0 unspecified atom stereocenters. The molecule has 1 fully saturated rings. The summed E-state index contributed by atoms with van der Waals surface area (Å²) in [6.07, 6.45) is 0.727. The zero-order valence-electron chi connectivity index (χ0n) is 16.8. The Morgan fingerprint density at radius 2 is 1.83 bits per heavy atom. The topological polar surface area (TPSA) is 32.8 Å². The van der Waals surface area contributed by atoms with E-state index in [-0.39, 0.29) is 0 Å². The number of thiophene rings is 1. The summed E-state index contributed by atoms with van der Waals surface area (Å²) in [6, 6.07) is 16.7. The van der Waals surface area contributed by atoms with Crippen molar-refractivity contribution in [1.82, 2.24) is 9.80 Å². The summed E-state index contributed by atoms with van der Waals surface area (Å²) >= 11 is 1.66. The fourth-order valence-electron chi connectivity index (χ4n) is 3.89. The van der Waals surface area contributed by atoms with Crippen molar-refractivity contribution in [3.8, 4) is 5.75 Å². The van der Waals surface area contributed by atoms with E-state index in [1.54, 1.807) is 18.4 Å². The molecular weight excluding hydrogens is 380 g/mol. The maximum absolute atomic E-state index is 11.7. The number of fused-ring (bicyclic) bond motifs is 1. The van der Waals surface area contributed by atoms with Gasteiger partial charge in [-0.05, 0) is 30.2 Å². The van der Waals surface area contributed by atoms with E-state index in [9.17, 15) is 4.79 Å². The maximum Gasteiger partial charge on any atom is 0.128 e. The summed E-state index contributed by atoms with van der Waals surface area (Å²) in [5.74, 6) is 3.03. The Balaban J connectivity index is 1.34. The highest BCUT2D eigenvalue weighted by atomic mass is 32.1. The Kier molecular flexibility index (Phi) is 6.43. The molecule has 1 aromatic heterocycles. The lowest BCUT2D eigenvalue weighted by Crippen LogP contribution is -2.46. The molecule has 0 aliphatic carbocycles. The predicted octanol–water partition coefficient (Wildman–Crippen LogP) is 4.33. The van der Waals surface area contributed by atoms with Crippen molar-refractivity contribution < 1.29 is 9.53 Å². The minimum Gasteiger partial charge on any atom is -0.497 e. The van der Waals surface area contributed by atoms with Gasteiger partial charge < -0.3 is 9.64 Å². The van der Waals surface area contributed by atoms with E-state index in [4.69, 9.17) is 4.74 Å². The van der Waals surface area contributed by atoms with E-state index < -0.39 is 0 Å². The first kappa shape index (κ1) is 19.9. The van der Waals surface area contributed by atoms with Gasteiger partial charge in [-0.25, -0.2) is 4.79 Å². The lowest BCUT2D eigenvalue weighted by atomic mass is 10.0. The highest BCUT2D eigenvalue weighted by Gasteiger charge is 2.18. The molecule has 0 bridgehead atoms. The highest BCUT2D eigenvalue weighted by molar-refractivity contribution is 7.17. The third-order valence-electron chi connectivity index (χ3n) is 5.62. The van der Waals surface area contributed by atoms with Crippen molar-refractivity contribution in [1.29, 1.82) is 0 Å². The van der Waals surface area contributed by atoms with Gasteiger partial charge in [0.05, 0.1) is 7.11 Å². The van der Waals surface area contributed by atoms with E-state index in [1.165, 1.54) is 10.3 Å². The average Bonchev–Trinajstić information content (AvgIpc) is 3.19. The number of carbonyl (C=O) groups excluding carboxylic acids is 1. The summed E-state index contributed by atoms with van der Waals surface area (Å²) in [7, 11) is 1.67. The highest BCUT2D eigenvalue weighted by Crippen LogP contribution is 2.34. The van der Waals surface area contributed by atoms with Crippen LogP contribution in [0.1, 0.15) is 17.5 Å². The normalized spacial score (nSPS) is 15.3. The summed E-state index contributed by atoms with van der Waals surface area (Å²) in [6.45, 7) is 6.11. The lowest BCUT2D eigenvalue weighted by molar-refractivity contribution is 0.129. The molecule has 150 valence electrons. The van der Waals surface area contributed by atoms with Gasteiger partial charge in [0.1, 0.15) is 11.7 Å². The molecular formula is C24H26N2O2S. The number of benzene rings is 2. The molecule has 1 aliphatic heterocycles. The second-order valence-corrected chi connectivity index (χ2v) is 8.36. The van der Waals surface area contributed by atoms with E-state index in [1.807, 2.05) is 12.1 Å². The molecule has 2 aromatic carbocycles. The zero-order valence-corrected chi connectivity index (χ0v) is 17.6. The van der Waals surface area contributed by atoms with Gasteiger partial charge in [0.25, 0.3) is 0 Å². The Labute approximate surface area is 176 Å². The van der Waals surface area contributed by atoms with E-state index in [2.05, 4.69) is 57.5 Å². The number of methoxy groups -OCH3 is 1. The van der Waals surface area contributed by atoms with Crippen molar-refractivity contribution in [3.05, 3.63) is 65.0 Å². The van der Waals surface area contributed by atoms with E-state index >= 15 is 0 Å². The van der Waals surface area contributed by atoms with Crippen molar-refractivity contribution in [2.24, 2.45) is 0 Å². The molecule has 4 nitrogen and oxygen atoms in total. The van der Waals surface area contributed by atoms with Gasteiger partial charge in [0.15, 0.2) is 0 Å². The second-order valence-electron chi connectivity index (χ2n) is 7.45. The van der Waals surface area contributed by atoms with Crippen molar-refractivity contribution in [2.45, 2.75) is 13.0 Å². The lowest BCUT2D eigenvalue weighted by Gasteiger charge is -2.34. The molecule has 0 saturated carbocycles. The first-order chi connectivity index (χ1) is 14.3. The van der Waals surface area contributed by atoms with Crippen LogP contribution in [0.5, 0.6) is 5.75 Å². The van der Waals surface area contributed by atoms with Gasteiger partial charge >= 0.3 is 0 Å². The Hall–Kier alpha value is -2.43. The molecule has 0 N–H and O–H groups in total. The SMILES string of the molecule is COc1ccc2scc(C(=C=O)CCN3CCN(Cc4ccccc4)CC3)c2c1. The number of hydrogen-bond acceptors (Lipinski definition) is 5. The Bertz CT molecular complexity index is 1000. The number of hydrogen-bond donors (Lipinski definition) is 0. The number of rotatable bonds is 7. The van der Waals surface area contributed by atoms with Gasteiger partial charge in [-0.15, -0.1) is 11.3 Å². The molecule has 4 rings (SSSR count). The minimum absolute atomic E-state index is 0.727. The molecule has 0 atom stereocenters. The monoisotopic (exact) mass is 406 g/mol. The predicted molar refractivity (Wildman–Crippen MR) is 120 cm³/mol. The summed E-state index contributed by atoms with van der Waals surface area (Å²) in [5, 5.41) is 3.16. The fourth-order valence-corrected chi connectivity index (χ4v) is 4.85. The van der Waals surface area contributed by atoms with Crippen molar-refractivity contribution in [2.75, 3.05) is 39.8 Å². The molecule has 0 amide bonds. The largest absolute Gasteiger partial charge is 0.497 e. The number of piperazine rings is 1. The van der Waals surface area contributed by atoms with Crippen LogP contribution >= 0.6 is 11.3 Å². The van der Waals surface area contributed by atoms with E-state index in [0.29, 0.717) is 0 Å². The summed E-state index contributed by atoms with van der Waals surface area (Å²) < 4.78 is 6.52.